The van der Waals surface area contributed by atoms with Gasteiger partial charge in [0.2, 0.25) is 10.0 Å². The molecule has 6 heteroatoms. The molecule has 0 saturated heterocycles. The monoisotopic (exact) mass is 390 g/mol. The number of hydrogen-bond acceptors (Lipinski definition) is 4. The maximum atomic E-state index is 12.2. The van der Waals surface area contributed by atoms with Crippen LogP contribution >= 0.6 is 0 Å². The highest BCUT2D eigenvalue weighted by molar-refractivity contribution is 7.88. The van der Waals surface area contributed by atoms with E-state index in [4.69, 9.17) is 4.74 Å². The molecule has 0 fully saturated rings. The van der Waals surface area contributed by atoms with Crippen molar-refractivity contribution in [3.63, 3.8) is 0 Å². The van der Waals surface area contributed by atoms with E-state index in [9.17, 15) is 8.42 Å². The highest BCUT2D eigenvalue weighted by atomic mass is 32.2. The lowest BCUT2D eigenvalue weighted by atomic mass is 10.1. The van der Waals surface area contributed by atoms with Gasteiger partial charge in [-0.15, -0.1) is 0 Å². The molecule has 0 unspecified atom stereocenters. The lowest BCUT2D eigenvalue weighted by Gasteiger charge is -2.14. The van der Waals surface area contributed by atoms with Gasteiger partial charge in [-0.3, -0.25) is 0 Å². The summed E-state index contributed by atoms with van der Waals surface area (Å²) < 4.78 is 32.7. The Bertz CT molecular complexity index is 816. The average Bonchev–Trinajstić information content (AvgIpc) is 2.56. The summed E-state index contributed by atoms with van der Waals surface area (Å²) in [6.45, 7) is 8.96. The van der Waals surface area contributed by atoms with Crippen LogP contribution in [-0.4, -0.2) is 20.6 Å². The van der Waals surface area contributed by atoms with Crippen LogP contribution in [0.3, 0.4) is 0 Å². The molecule has 2 aromatic carbocycles. The molecule has 5 nitrogen and oxygen atoms in total. The number of hydrogen-bond donors (Lipinski definition) is 2. The minimum atomic E-state index is -3.34. The normalized spacial score (nSPS) is 11.9. The fourth-order valence-electron chi connectivity index (χ4n) is 2.78. The fraction of sp³-hybridized carbons (Fsp3) is 0.429. The van der Waals surface area contributed by atoms with Crippen LogP contribution in [0.2, 0.25) is 0 Å². The average molecular weight is 391 g/mol. The molecule has 0 saturated carbocycles. The minimum Gasteiger partial charge on any atom is -0.491 e. The molecule has 2 rings (SSSR count). The van der Waals surface area contributed by atoms with Crippen molar-refractivity contribution in [3.05, 3.63) is 65.2 Å². The van der Waals surface area contributed by atoms with Gasteiger partial charge in [-0.25, -0.2) is 13.1 Å². The van der Waals surface area contributed by atoms with Crippen LogP contribution in [0.1, 0.15) is 44.4 Å². The molecule has 2 N–H and O–H groups in total. The number of ether oxygens (including phenoxy) is 1. The summed E-state index contributed by atoms with van der Waals surface area (Å²) in [5, 5.41) is 3.39. The SMILES string of the molecule is CC(C)NS(=O)(=O)Cc1ccccc1CNCc1ccc(OC(C)C)cc1. The van der Waals surface area contributed by atoms with Crippen LogP contribution < -0.4 is 14.8 Å². The van der Waals surface area contributed by atoms with Crippen LogP contribution in [0.15, 0.2) is 48.5 Å². The molecule has 0 aromatic heterocycles. The summed E-state index contributed by atoms with van der Waals surface area (Å²) in [4.78, 5) is 0. The molecular weight excluding hydrogens is 360 g/mol. The fourth-order valence-corrected chi connectivity index (χ4v) is 4.27. The Morgan fingerprint density at radius 1 is 0.889 bits per heavy atom. The first-order valence-corrected chi connectivity index (χ1v) is 10.9. The van der Waals surface area contributed by atoms with E-state index in [0.717, 1.165) is 22.4 Å². The zero-order chi connectivity index (χ0) is 19.9. The van der Waals surface area contributed by atoms with Gasteiger partial charge in [0, 0.05) is 19.1 Å². The van der Waals surface area contributed by atoms with E-state index < -0.39 is 10.0 Å². The Morgan fingerprint density at radius 2 is 1.52 bits per heavy atom. The van der Waals surface area contributed by atoms with Crippen molar-refractivity contribution in [1.82, 2.24) is 10.0 Å². The van der Waals surface area contributed by atoms with Crippen LogP contribution in [0.5, 0.6) is 5.75 Å². The van der Waals surface area contributed by atoms with Crippen LogP contribution in [0, 0.1) is 0 Å². The van der Waals surface area contributed by atoms with E-state index >= 15 is 0 Å². The highest BCUT2D eigenvalue weighted by Crippen LogP contribution is 2.15. The number of sulfonamides is 1. The Labute approximate surface area is 163 Å². The van der Waals surface area contributed by atoms with Crippen molar-refractivity contribution in [1.29, 1.82) is 0 Å². The van der Waals surface area contributed by atoms with Crippen molar-refractivity contribution < 1.29 is 13.2 Å². The first-order chi connectivity index (χ1) is 12.7. The van der Waals surface area contributed by atoms with Gasteiger partial charge in [0.25, 0.3) is 0 Å². The minimum absolute atomic E-state index is 0.00965. The summed E-state index contributed by atoms with van der Waals surface area (Å²) in [7, 11) is -3.34. The molecule has 0 amide bonds. The summed E-state index contributed by atoms with van der Waals surface area (Å²) in [5.41, 5.74) is 2.96. The third-order valence-corrected chi connectivity index (χ3v) is 5.34. The third kappa shape index (κ3) is 7.71. The second-order valence-corrected chi connectivity index (χ2v) is 8.97. The van der Waals surface area contributed by atoms with E-state index in [-0.39, 0.29) is 17.9 Å². The second-order valence-electron chi connectivity index (χ2n) is 7.21. The van der Waals surface area contributed by atoms with Gasteiger partial charge in [0.1, 0.15) is 5.75 Å². The van der Waals surface area contributed by atoms with E-state index in [1.807, 2.05) is 76.2 Å². The molecule has 27 heavy (non-hydrogen) atoms. The number of rotatable bonds is 10. The smallest absolute Gasteiger partial charge is 0.216 e. The molecule has 0 aliphatic carbocycles. The van der Waals surface area contributed by atoms with Gasteiger partial charge in [0.15, 0.2) is 0 Å². The van der Waals surface area contributed by atoms with Gasteiger partial charge in [-0.2, -0.15) is 0 Å². The van der Waals surface area contributed by atoms with Crippen molar-refractivity contribution in [2.75, 3.05) is 0 Å². The lowest BCUT2D eigenvalue weighted by Crippen LogP contribution is -2.31. The lowest BCUT2D eigenvalue weighted by molar-refractivity contribution is 0.242. The summed E-state index contributed by atoms with van der Waals surface area (Å²) >= 11 is 0. The Kier molecular flexibility index (Phi) is 7.83. The number of benzene rings is 2. The standard InChI is InChI=1S/C21H30N2O3S/c1-16(2)23-27(24,25)15-20-8-6-5-7-19(20)14-22-13-18-9-11-21(12-10-18)26-17(3)4/h5-12,16-17,22-23H,13-15H2,1-4H3. The molecule has 0 aliphatic heterocycles. The van der Waals surface area contributed by atoms with E-state index in [1.54, 1.807) is 0 Å². The van der Waals surface area contributed by atoms with Gasteiger partial charge in [-0.05, 0) is 56.5 Å². The maximum Gasteiger partial charge on any atom is 0.216 e. The van der Waals surface area contributed by atoms with Crippen LogP contribution in [-0.2, 0) is 28.9 Å². The first-order valence-electron chi connectivity index (χ1n) is 9.28. The molecule has 148 valence electrons. The first kappa shape index (κ1) is 21.4. The molecule has 0 atom stereocenters. The summed E-state index contributed by atoms with van der Waals surface area (Å²) in [6, 6.07) is 15.5. The molecule has 2 aromatic rings. The summed E-state index contributed by atoms with van der Waals surface area (Å²) in [5.74, 6) is 0.853. The Hall–Kier alpha value is -1.89. The van der Waals surface area contributed by atoms with Crippen LogP contribution in [0.25, 0.3) is 0 Å². The van der Waals surface area contributed by atoms with Crippen molar-refractivity contribution in [2.24, 2.45) is 0 Å². The quantitative estimate of drug-likeness (QED) is 0.651. The van der Waals surface area contributed by atoms with Gasteiger partial charge in [-0.1, -0.05) is 36.4 Å². The Balaban J connectivity index is 1.94. The topological polar surface area (TPSA) is 67.4 Å². The van der Waals surface area contributed by atoms with Gasteiger partial charge < -0.3 is 10.1 Å². The van der Waals surface area contributed by atoms with Crippen LogP contribution in [0.4, 0.5) is 0 Å². The highest BCUT2D eigenvalue weighted by Gasteiger charge is 2.15. The maximum absolute atomic E-state index is 12.2. The predicted molar refractivity (Wildman–Crippen MR) is 110 cm³/mol. The predicted octanol–water partition coefficient (Wildman–Crippen LogP) is 3.59. The molecule has 0 radical (unpaired) electrons. The third-order valence-electron chi connectivity index (χ3n) is 3.82. The van der Waals surface area contributed by atoms with E-state index in [2.05, 4.69) is 10.0 Å². The van der Waals surface area contributed by atoms with Crippen molar-refractivity contribution >= 4 is 10.0 Å². The van der Waals surface area contributed by atoms with Gasteiger partial charge in [0.05, 0.1) is 11.9 Å². The molecular formula is C21H30N2O3S. The Morgan fingerprint density at radius 3 is 2.11 bits per heavy atom. The van der Waals surface area contributed by atoms with E-state index in [1.165, 1.54) is 0 Å². The molecule has 0 heterocycles. The number of nitrogens with one attached hydrogen (secondary N) is 2. The van der Waals surface area contributed by atoms with E-state index in [0.29, 0.717) is 13.1 Å². The van der Waals surface area contributed by atoms with Gasteiger partial charge >= 0.3 is 0 Å². The van der Waals surface area contributed by atoms with Crippen molar-refractivity contribution in [2.45, 2.75) is 58.7 Å². The second kappa shape index (κ2) is 9.88. The summed E-state index contributed by atoms with van der Waals surface area (Å²) in [6.07, 6.45) is 0.159. The molecule has 0 spiro atoms. The van der Waals surface area contributed by atoms with Crippen molar-refractivity contribution in [3.8, 4) is 5.75 Å². The molecule has 0 aliphatic rings. The zero-order valence-electron chi connectivity index (χ0n) is 16.5. The molecule has 0 bridgehead atoms. The zero-order valence-corrected chi connectivity index (χ0v) is 17.3. The largest absolute Gasteiger partial charge is 0.491 e.